The Morgan fingerprint density at radius 1 is 0.340 bits per heavy atom. The number of aliphatic hydroxyl groups is 1. The number of ether oxygens (including phenoxy) is 4. The van der Waals surface area contributed by atoms with Gasteiger partial charge in [-0.05, 0) is 69.1 Å². The van der Waals surface area contributed by atoms with Crippen molar-refractivity contribution in [2.24, 2.45) is 17.8 Å². The lowest BCUT2D eigenvalue weighted by molar-refractivity contribution is -0.161. The predicted octanol–water partition coefficient (Wildman–Crippen LogP) is 22.5. The van der Waals surface area contributed by atoms with E-state index in [9.17, 15) is 43.2 Å². The molecule has 0 aliphatic rings. The molecule has 0 aromatic rings. The molecular formula is C78H148O17P2. The van der Waals surface area contributed by atoms with Crippen molar-refractivity contribution in [2.75, 3.05) is 39.6 Å². The number of phosphoric acid groups is 2. The van der Waals surface area contributed by atoms with Crippen molar-refractivity contribution in [3.05, 3.63) is 24.3 Å². The van der Waals surface area contributed by atoms with Gasteiger partial charge in [0.2, 0.25) is 0 Å². The first kappa shape index (κ1) is 94.5. The third-order valence-corrected chi connectivity index (χ3v) is 20.1. The molecule has 19 heteroatoms. The SMILES string of the molecule is CCCCCC/C=C\C=C/CCCCCCCC(=O)O[C@H](COC(=O)CCCCCCCCC(C)CC)COP(=O)(O)OC[C@H](O)COP(=O)(O)OC[C@@H](COC(=O)CCCCCCCCCCCCC(C)CC)OC(=O)CCCCCCCCCCCCCCCCCC(C)C. The van der Waals surface area contributed by atoms with Gasteiger partial charge in [-0.15, -0.1) is 0 Å². The number of unbranched alkanes of at least 4 members (excludes halogenated alkanes) is 37. The fourth-order valence-electron chi connectivity index (χ4n) is 11.4. The molecule has 0 rings (SSSR count). The number of esters is 4. The molecule has 0 aromatic heterocycles. The summed E-state index contributed by atoms with van der Waals surface area (Å²) in [6, 6.07) is 0. The molecule has 0 aromatic carbocycles. The number of hydrogen-bond donors (Lipinski definition) is 3. The number of phosphoric ester groups is 2. The zero-order valence-electron chi connectivity index (χ0n) is 63.0. The predicted molar refractivity (Wildman–Crippen MR) is 395 cm³/mol. The third-order valence-electron chi connectivity index (χ3n) is 18.2. The fourth-order valence-corrected chi connectivity index (χ4v) is 12.9. The Bertz CT molecular complexity index is 1990. The second-order valence-corrected chi connectivity index (χ2v) is 31.3. The Hall–Kier alpha value is -2.46. The van der Waals surface area contributed by atoms with Crippen molar-refractivity contribution in [1.82, 2.24) is 0 Å². The van der Waals surface area contributed by atoms with Crippen LogP contribution in [0.25, 0.3) is 0 Å². The van der Waals surface area contributed by atoms with Gasteiger partial charge >= 0.3 is 39.5 Å². The summed E-state index contributed by atoms with van der Waals surface area (Å²) in [5.74, 6) is 0.190. The smallest absolute Gasteiger partial charge is 0.462 e. The van der Waals surface area contributed by atoms with E-state index in [2.05, 4.69) is 72.8 Å². The molecule has 3 N–H and O–H groups in total. The van der Waals surface area contributed by atoms with Gasteiger partial charge in [0.25, 0.3) is 0 Å². The van der Waals surface area contributed by atoms with E-state index in [0.29, 0.717) is 25.7 Å². The van der Waals surface area contributed by atoms with E-state index in [1.807, 2.05) is 0 Å². The summed E-state index contributed by atoms with van der Waals surface area (Å²) in [6.07, 6.45) is 57.6. The highest BCUT2D eigenvalue weighted by molar-refractivity contribution is 7.47. The number of carbonyl (C=O) groups excluding carboxylic acids is 4. The summed E-state index contributed by atoms with van der Waals surface area (Å²) >= 11 is 0. The molecule has 0 heterocycles. The van der Waals surface area contributed by atoms with Crippen molar-refractivity contribution in [2.45, 2.75) is 394 Å². The van der Waals surface area contributed by atoms with Crippen molar-refractivity contribution < 1.29 is 80.2 Å². The number of rotatable bonds is 74. The highest BCUT2D eigenvalue weighted by Crippen LogP contribution is 2.45. The van der Waals surface area contributed by atoms with E-state index >= 15 is 0 Å². The van der Waals surface area contributed by atoms with E-state index in [-0.39, 0.29) is 25.7 Å². The Morgan fingerprint density at radius 2 is 0.608 bits per heavy atom. The Kier molecular flexibility index (Phi) is 66.3. The van der Waals surface area contributed by atoms with Crippen LogP contribution in [0.15, 0.2) is 24.3 Å². The van der Waals surface area contributed by atoms with E-state index in [1.54, 1.807) is 0 Å². The summed E-state index contributed by atoms with van der Waals surface area (Å²) in [4.78, 5) is 72.9. The lowest BCUT2D eigenvalue weighted by atomic mass is 9.99. The van der Waals surface area contributed by atoms with E-state index in [4.69, 9.17) is 37.0 Å². The van der Waals surface area contributed by atoms with Gasteiger partial charge in [-0.3, -0.25) is 37.3 Å². The highest BCUT2D eigenvalue weighted by atomic mass is 31.2. The van der Waals surface area contributed by atoms with Crippen LogP contribution >= 0.6 is 15.6 Å². The number of hydrogen-bond acceptors (Lipinski definition) is 15. The van der Waals surface area contributed by atoms with Gasteiger partial charge in [0.1, 0.15) is 19.3 Å². The molecule has 97 heavy (non-hydrogen) atoms. The maximum absolute atomic E-state index is 13.1. The van der Waals surface area contributed by atoms with Crippen LogP contribution in [-0.2, 0) is 65.4 Å². The number of carbonyl (C=O) groups is 4. The van der Waals surface area contributed by atoms with Gasteiger partial charge in [-0.25, -0.2) is 9.13 Å². The van der Waals surface area contributed by atoms with Crippen molar-refractivity contribution in [3.63, 3.8) is 0 Å². The molecule has 0 fully saturated rings. The molecule has 0 saturated heterocycles. The van der Waals surface area contributed by atoms with Crippen molar-refractivity contribution in [3.8, 4) is 0 Å². The van der Waals surface area contributed by atoms with Gasteiger partial charge in [0, 0.05) is 25.7 Å². The van der Waals surface area contributed by atoms with Gasteiger partial charge in [0.15, 0.2) is 12.2 Å². The summed E-state index contributed by atoms with van der Waals surface area (Å²) in [5.41, 5.74) is 0. The highest BCUT2D eigenvalue weighted by Gasteiger charge is 2.30. The van der Waals surface area contributed by atoms with Crippen LogP contribution in [0.1, 0.15) is 376 Å². The largest absolute Gasteiger partial charge is 0.472 e. The van der Waals surface area contributed by atoms with E-state index in [1.165, 1.54) is 167 Å². The Balaban J connectivity index is 5.29. The molecule has 7 atom stereocenters. The molecule has 0 bridgehead atoms. The van der Waals surface area contributed by atoms with Gasteiger partial charge in [-0.2, -0.15) is 0 Å². The first-order valence-electron chi connectivity index (χ1n) is 39.7. The van der Waals surface area contributed by atoms with Gasteiger partial charge < -0.3 is 33.8 Å². The third kappa shape index (κ3) is 69.1. The van der Waals surface area contributed by atoms with Crippen LogP contribution in [0, 0.1) is 17.8 Å². The fraction of sp³-hybridized carbons (Fsp3) is 0.897. The summed E-state index contributed by atoms with van der Waals surface area (Å²) in [6.45, 7) is 11.9. The van der Waals surface area contributed by atoms with E-state index < -0.39 is 97.5 Å². The standard InChI is InChI=1S/C78H148O17P2/c1-8-11-12-13-14-15-16-17-19-23-26-33-38-47-54-62-78(83)95-74(66-89-76(81)60-53-46-41-40-44-51-58-71(7)10-3)68-93-97(86,87)91-64-72(79)63-90-96(84,85)92-67-73(65-88-75(80)59-52-45-37-32-29-28-31-36-43-50-57-70(6)9-2)94-77(82)61-55-48-39-34-27-24-21-18-20-22-25-30-35-42-49-56-69(4)5/h15-17,19,69-74,79H,8-14,18,20-68H2,1-7H3,(H,84,85)(H,86,87)/b16-15-,19-17-/t70?,71?,72-,73-,74-/m1/s1. The van der Waals surface area contributed by atoms with Crippen LogP contribution in [0.2, 0.25) is 0 Å². The monoisotopic (exact) mass is 1420 g/mol. The summed E-state index contributed by atoms with van der Waals surface area (Å²) in [7, 11) is -9.93. The maximum atomic E-state index is 13.1. The Labute approximate surface area is 592 Å². The van der Waals surface area contributed by atoms with Crippen LogP contribution in [0.5, 0.6) is 0 Å². The molecule has 17 nitrogen and oxygen atoms in total. The first-order valence-corrected chi connectivity index (χ1v) is 42.7. The van der Waals surface area contributed by atoms with Crippen LogP contribution in [-0.4, -0.2) is 96.7 Å². The quantitative estimate of drug-likeness (QED) is 0.0169. The summed E-state index contributed by atoms with van der Waals surface area (Å²) < 4.78 is 68.6. The van der Waals surface area contributed by atoms with Gasteiger partial charge in [-0.1, -0.05) is 323 Å². The summed E-state index contributed by atoms with van der Waals surface area (Å²) in [5, 5.41) is 10.6. The Morgan fingerprint density at radius 3 is 0.918 bits per heavy atom. The first-order chi connectivity index (χ1) is 46.8. The molecule has 4 unspecified atom stereocenters. The number of aliphatic hydroxyl groups excluding tert-OH is 1. The maximum Gasteiger partial charge on any atom is 0.472 e. The zero-order chi connectivity index (χ0) is 71.6. The van der Waals surface area contributed by atoms with Gasteiger partial charge in [0.05, 0.1) is 26.4 Å². The topological polar surface area (TPSA) is 237 Å². The second kappa shape index (κ2) is 68.0. The minimum Gasteiger partial charge on any atom is -0.462 e. The average Bonchev–Trinajstić information content (AvgIpc) is 1.20. The minimum absolute atomic E-state index is 0.0839. The van der Waals surface area contributed by atoms with Crippen molar-refractivity contribution in [1.29, 1.82) is 0 Å². The molecule has 0 spiro atoms. The zero-order valence-corrected chi connectivity index (χ0v) is 64.8. The molecule has 0 aliphatic heterocycles. The molecule has 572 valence electrons. The average molecular weight is 1420 g/mol. The molecular weight excluding hydrogens is 1270 g/mol. The molecule has 0 aliphatic carbocycles. The lowest BCUT2D eigenvalue weighted by Gasteiger charge is -2.21. The molecule has 0 saturated carbocycles. The van der Waals surface area contributed by atoms with Crippen LogP contribution in [0.4, 0.5) is 0 Å². The molecule has 0 amide bonds. The lowest BCUT2D eigenvalue weighted by Crippen LogP contribution is -2.30. The molecule has 0 radical (unpaired) electrons. The van der Waals surface area contributed by atoms with Crippen LogP contribution < -0.4 is 0 Å². The minimum atomic E-state index is -4.97. The normalized spacial score (nSPS) is 14.8. The van der Waals surface area contributed by atoms with E-state index in [0.717, 1.165) is 127 Å². The van der Waals surface area contributed by atoms with Crippen LogP contribution in [0.3, 0.4) is 0 Å². The number of allylic oxidation sites excluding steroid dienone is 4. The second-order valence-electron chi connectivity index (χ2n) is 28.4. The van der Waals surface area contributed by atoms with Crippen molar-refractivity contribution >= 4 is 39.5 Å².